The Labute approximate surface area is 91.8 Å². The van der Waals surface area contributed by atoms with Crippen LogP contribution in [0.2, 0.25) is 0 Å². The van der Waals surface area contributed by atoms with E-state index in [-0.39, 0.29) is 11.5 Å². The van der Waals surface area contributed by atoms with Crippen LogP contribution in [-0.2, 0) is 9.53 Å². The quantitative estimate of drug-likeness (QED) is 0.751. The van der Waals surface area contributed by atoms with Crippen molar-refractivity contribution in [2.24, 2.45) is 5.73 Å². The van der Waals surface area contributed by atoms with Crippen LogP contribution in [0, 0.1) is 0 Å². The SMILES string of the molecule is CCCC1(CN)CN(C(=O)CC)CCO1. The second kappa shape index (κ2) is 5.47. The summed E-state index contributed by atoms with van der Waals surface area (Å²) in [6.45, 7) is 6.47. The molecule has 1 aliphatic rings. The highest BCUT2D eigenvalue weighted by atomic mass is 16.5. The molecular formula is C11H22N2O2. The van der Waals surface area contributed by atoms with E-state index in [1.807, 2.05) is 11.8 Å². The van der Waals surface area contributed by atoms with Crippen molar-refractivity contribution in [3.63, 3.8) is 0 Å². The number of carbonyl (C=O) groups is 1. The Balaban J connectivity index is 2.63. The van der Waals surface area contributed by atoms with Crippen LogP contribution in [0.25, 0.3) is 0 Å². The van der Waals surface area contributed by atoms with E-state index in [0.29, 0.717) is 32.7 Å². The summed E-state index contributed by atoms with van der Waals surface area (Å²) in [5.74, 6) is 0.201. The zero-order valence-corrected chi connectivity index (χ0v) is 9.79. The summed E-state index contributed by atoms with van der Waals surface area (Å²) >= 11 is 0. The lowest BCUT2D eigenvalue weighted by atomic mass is 9.95. The van der Waals surface area contributed by atoms with Gasteiger partial charge in [-0.15, -0.1) is 0 Å². The average Bonchev–Trinajstić information content (AvgIpc) is 2.28. The zero-order chi connectivity index (χ0) is 11.3. The van der Waals surface area contributed by atoms with Crippen LogP contribution in [0.3, 0.4) is 0 Å². The van der Waals surface area contributed by atoms with Crippen LogP contribution >= 0.6 is 0 Å². The monoisotopic (exact) mass is 214 g/mol. The van der Waals surface area contributed by atoms with Crippen molar-refractivity contribution in [3.8, 4) is 0 Å². The number of hydrogen-bond acceptors (Lipinski definition) is 3. The second-order valence-corrected chi connectivity index (χ2v) is 4.15. The molecule has 1 amide bonds. The molecule has 4 nitrogen and oxygen atoms in total. The first-order chi connectivity index (χ1) is 7.17. The third kappa shape index (κ3) is 2.92. The highest BCUT2D eigenvalue weighted by molar-refractivity contribution is 5.76. The van der Waals surface area contributed by atoms with Crippen molar-refractivity contribution >= 4 is 5.91 Å². The van der Waals surface area contributed by atoms with Gasteiger partial charge in [-0.1, -0.05) is 20.3 Å². The number of hydrogen-bond donors (Lipinski definition) is 1. The summed E-state index contributed by atoms with van der Waals surface area (Å²) in [7, 11) is 0. The van der Waals surface area contributed by atoms with E-state index < -0.39 is 0 Å². The number of rotatable bonds is 4. The van der Waals surface area contributed by atoms with Crippen molar-refractivity contribution in [1.29, 1.82) is 0 Å². The first-order valence-corrected chi connectivity index (χ1v) is 5.79. The smallest absolute Gasteiger partial charge is 0.222 e. The van der Waals surface area contributed by atoms with Gasteiger partial charge in [-0.3, -0.25) is 4.79 Å². The van der Waals surface area contributed by atoms with Crippen LogP contribution in [0.4, 0.5) is 0 Å². The van der Waals surface area contributed by atoms with Crippen LogP contribution < -0.4 is 5.73 Å². The van der Waals surface area contributed by atoms with Crippen molar-refractivity contribution in [2.75, 3.05) is 26.2 Å². The van der Waals surface area contributed by atoms with Crippen molar-refractivity contribution in [2.45, 2.75) is 38.7 Å². The van der Waals surface area contributed by atoms with Crippen molar-refractivity contribution in [3.05, 3.63) is 0 Å². The van der Waals surface area contributed by atoms with Gasteiger partial charge in [-0.25, -0.2) is 0 Å². The Hall–Kier alpha value is -0.610. The highest BCUT2D eigenvalue weighted by Crippen LogP contribution is 2.22. The number of nitrogens with two attached hydrogens (primary N) is 1. The summed E-state index contributed by atoms with van der Waals surface area (Å²) in [5, 5.41) is 0. The average molecular weight is 214 g/mol. The molecule has 0 bridgehead atoms. The van der Waals surface area contributed by atoms with Gasteiger partial charge in [0, 0.05) is 19.5 Å². The molecule has 1 fully saturated rings. The molecule has 0 saturated carbocycles. The molecule has 4 heteroatoms. The van der Waals surface area contributed by atoms with Crippen molar-refractivity contribution < 1.29 is 9.53 Å². The fourth-order valence-corrected chi connectivity index (χ4v) is 2.11. The van der Waals surface area contributed by atoms with E-state index in [4.69, 9.17) is 10.5 Å². The third-order valence-corrected chi connectivity index (χ3v) is 2.98. The lowest BCUT2D eigenvalue weighted by molar-refractivity contribution is -0.150. The summed E-state index contributed by atoms with van der Waals surface area (Å²) in [5.41, 5.74) is 5.47. The van der Waals surface area contributed by atoms with Gasteiger partial charge in [0.1, 0.15) is 0 Å². The van der Waals surface area contributed by atoms with Crippen LogP contribution in [0.15, 0.2) is 0 Å². The van der Waals surface area contributed by atoms with Crippen LogP contribution in [0.1, 0.15) is 33.1 Å². The molecule has 0 aromatic heterocycles. The van der Waals surface area contributed by atoms with Crippen LogP contribution in [0.5, 0.6) is 0 Å². The molecule has 0 aromatic rings. The molecule has 1 rings (SSSR count). The molecule has 1 heterocycles. The predicted molar refractivity (Wildman–Crippen MR) is 59.5 cm³/mol. The molecule has 2 N–H and O–H groups in total. The molecule has 1 aliphatic heterocycles. The minimum atomic E-state index is -0.294. The van der Waals surface area contributed by atoms with E-state index in [1.165, 1.54) is 0 Å². The molecule has 1 unspecified atom stereocenters. The molecule has 0 aliphatic carbocycles. The number of carbonyl (C=O) groups excluding carboxylic acids is 1. The fraction of sp³-hybridized carbons (Fsp3) is 0.909. The van der Waals surface area contributed by atoms with Gasteiger partial charge in [0.2, 0.25) is 5.91 Å². The first kappa shape index (κ1) is 12.5. The Morgan fingerprint density at radius 1 is 1.53 bits per heavy atom. The van der Waals surface area contributed by atoms with E-state index >= 15 is 0 Å². The van der Waals surface area contributed by atoms with E-state index in [1.54, 1.807) is 0 Å². The summed E-state index contributed by atoms with van der Waals surface area (Å²) in [4.78, 5) is 13.5. The minimum Gasteiger partial charge on any atom is -0.370 e. The molecule has 15 heavy (non-hydrogen) atoms. The molecule has 0 radical (unpaired) electrons. The molecule has 1 atom stereocenters. The number of morpholine rings is 1. The fourth-order valence-electron chi connectivity index (χ4n) is 2.11. The number of amides is 1. The normalized spacial score (nSPS) is 26.7. The third-order valence-electron chi connectivity index (χ3n) is 2.98. The molecule has 0 spiro atoms. The van der Waals surface area contributed by atoms with Crippen molar-refractivity contribution in [1.82, 2.24) is 4.90 Å². The maximum Gasteiger partial charge on any atom is 0.222 e. The van der Waals surface area contributed by atoms with Gasteiger partial charge in [0.25, 0.3) is 0 Å². The maximum absolute atomic E-state index is 11.6. The highest BCUT2D eigenvalue weighted by Gasteiger charge is 2.35. The number of ether oxygens (including phenoxy) is 1. The van der Waals surface area contributed by atoms with Gasteiger partial charge < -0.3 is 15.4 Å². The lowest BCUT2D eigenvalue weighted by Gasteiger charge is -2.42. The van der Waals surface area contributed by atoms with Gasteiger partial charge in [0.15, 0.2) is 0 Å². The van der Waals surface area contributed by atoms with E-state index in [0.717, 1.165) is 12.8 Å². The maximum atomic E-state index is 11.6. The summed E-state index contributed by atoms with van der Waals surface area (Å²) in [6, 6.07) is 0. The predicted octanol–water partition coefficient (Wildman–Crippen LogP) is 0.753. The topological polar surface area (TPSA) is 55.6 Å². The molecule has 1 saturated heterocycles. The lowest BCUT2D eigenvalue weighted by Crippen LogP contribution is -2.57. The number of nitrogens with zero attached hydrogens (tertiary/aromatic N) is 1. The Morgan fingerprint density at radius 2 is 2.27 bits per heavy atom. The molecular weight excluding hydrogens is 192 g/mol. The molecule has 88 valence electrons. The largest absolute Gasteiger partial charge is 0.370 e. The Morgan fingerprint density at radius 3 is 2.80 bits per heavy atom. The molecule has 0 aromatic carbocycles. The van der Waals surface area contributed by atoms with Gasteiger partial charge in [-0.05, 0) is 6.42 Å². The van der Waals surface area contributed by atoms with Gasteiger partial charge >= 0.3 is 0 Å². The summed E-state index contributed by atoms with van der Waals surface area (Å²) in [6.07, 6.45) is 2.52. The first-order valence-electron chi connectivity index (χ1n) is 5.79. The Kier molecular flexibility index (Phi) is 4.54. The second-order valence-electron chi connectivity index (χ2n) is 4.15. The van der Waals surface area contributed by atoms with Crippen LogP contribution in [-0.4, -0.2) is 42.6 Å². The standard InChI is InChI=1S/C11H22N2O2/c1-3-5-11(8-12)9-13(6-7-15-11)10(14)4-2/h3-9,12H2,1-2H3. The van der Waals surface area contributed by atoms with Gasteiger partial charge in [-0.2, -0.15) is 0 Å². The minimum absolute atomic E-state index is 0.201. The van der Waals surface area contributed by atoms with Gasteiger partial charge in [0.05, 0.1) is 18.8 Å². The zero-order valence-electron chi connectivity index (χ0n) is 9.79. The summed E-state index contributed by atoms with van der Waals surface area (Å²) < 4.78 is 5.76. The van der Waals surface area contributed by atoms with E-state index in [9.17, 15) is 4.79 Å². The van der Waals surface area contributed by atoms with E-state index in [2.05, 4.69) is 6.92 Å². The Bertz CT molecular complexity index is 217.